The van der Waals surface area contributed by atoms with Crippen molar-refractivity contribution in [2.24, 2.45) is 0 Å². The van der Waals surface area contributed by atoms with Gasteiger partial charge in [-0.05, 0) is 24.6 Å². The van der Waals surface area contributed by atoms with Crippen LogP contribution in [0.15, 0.2) is 18.2 Å². The molecule has 0 aliphatic carbocycles. The van der Waals surface area contributed by atoms with Gasteiger partial charge in [0.1, 0.15) is 6.61 Å². The van der Waals surface area contributed by atoms with E-state index < -0.39 is 18.1 Å². The van der Waals surface area contributed by atoms with Crippen molar-refractivity contribution in [2.45, 2.75) is 19.1 Å². The lowest BCUT2D eigenvalue weighted by Gasteiger charge is -2.39. The molecule has 0 spiro atoms. The molecule has 1 aliphatic rings. The molecule has 5 nitrogen and oxygen atoms in total. The number of hydrogen-bond donors (Lipinski definition) is 1. The zero-order valence-electron chi connectivity index (χ0n) is 10.7. The third kappa shape index (κ3) is 2.75. The van der Waals surface area contributed by atoms with Crippen LogP contribution in [0.4, 0.5) is 0 Å². The Kier molecular flexibility index (Phi) is 4.52. The molecule has 1 aromatic rings. The number of aliphatic carboxylic acids is 1. The van der Waals surface area contributed by atoms with Crippen LogP contribution in [-0.4, -0.2) is 41.1 Å². The molecule has 1 N–H and O–H groups in total. The topological polar surface area (TPSA) is 66.8 Å². The van der Waals surface area contributed by atoms with E-state index in [-0.39, 0.29) is 12.5 Å². The third-order valence-corrected chi connectivity index (χ3v) is 3.76. The van der Waals surface area contributed by atoms with Crippen molar-refractivity contribution in [1.29, 1.82) is 0 Å². The number of carboxylic acid groups (broad SMARTS) is 1. The number of rotatable bonds is 3. The molecule has 0 saturated carbocycles. The van der Waals surface area contributed by atoms with Crippen molar-refractivity contribution in [3.63, 3.8) is 0 Å². The Balaban J connectivity index is 2.49. The van der Waals surface area contributed by atoms with E-state index in [1.165, 1.54) is 11.0 Å². The van der Waals surface area contributed by atoms with Crippen molar-refractivity contribution in [3.8, 4) is 0 Å². The van der Waals surface area contributed by atoms with Gasteiger partial charge in [-0.15, -0.1) is 0 Å². The molecular weight excluding hydrogens is 305 g/mol. The number of carboxylic acids is 1. The number of amides is 1. The van der Waals surface area contributed by atoms with Gasteiger partial charge < -0.3 is 14.7 Å². The van der Waals surface area contributed by atoms with Gasteiger partial charge in [-0.1, -0.05) is 29.3 Å². The molecule has 108 valence electrons. The second kappa shape index (κ2) is 5.99. The standard InChI is InChI=1S/C13H13Cl2NO4/c1-2-16-10(17)6-20-12(13(18)19)11(16)8-4-3-7(14)5-9(8)15/h3-5,11-12H,2,6H2,1H3,(H,18,19). The molecule has 1 aliphatic heterocycles. The Morgan fingerprint density at radius 2 is 2.20 bits per heavy atom. The van der Waals surface area contributed by atoms with Crippen molar-refractivity contribution >= 4 is 35.1 Å². The van der Waals surface area contributed by atoms with Crippen LogP contribution in [0.1, 0.15) is 18.5 Å². The summed E-state index contributed by atoms with van der Waals surface area (Å²) in [6, 6.07) is 3.98. The van der Waals surface area contributed by atoms with Gasteiger partial charge in [0.05, 0.1) is 6.04 Å². The van der Waals surface area contributed by atoms with E-state index in [4.69, 9.17) is 27.9 Å². The molecule has 1 fully saturated rings. The minimum Gasteiger partial charge on any atom is -0.479 e. The number of carbonyl (C=O) groups excluding carboxylic acids is 1. The number of morpholine rings is 1. The molecule has 0 bridgehead atoms. The van der Waals surface area contributed by atoms with Gasteiger partial charge in [-0.25, -0.2) is 4.79 Å². The third-order valence-electron chi connectivity index (χ3n) is 3.19. The van der Waals surface area contributed by atoms with Gasteiger partial charge in [-0.3, -0.25) is 4.79 Å². The predicted octanol–water partition coefficient (Wildman–Crippen LogP) is 2.37. The molecule has 0 radical (unpaired) electrons. The van der Waals surface area contributed by atoms with Gasteiger partial charge in [0.15, 0.2) is 6.10 Å². The fourth-order valence-electron chi connectivity index (χ4n) is 2.31. The Hall–Kier alpha value is -1.30. The second-order valence-corrected chi connectivity index (χ2v) is 5.20. The number of likely N-dealkylation sites (N-methyl/N-ethyl adjacent to an activating group) is 1. The van der Waals surface area contributed by atoms with E-state index >= 15 is 0 Å². The first-order valence-electron chi connectivity index (χ1n) is 6.04. The van der Waals surface area contributed by atoms with Crippen LogP contribution in [0.5, 0.6) is 0 Å². The lowest BCUT2D eigenvalue weighted by molar-refractivity contribution is -0.172. The molecule has 1 aromatic carbocycles. The Morgan fingerprint density at radius 3 is 2.75 bits per heavy atom. The number of ether oxygens (including phenoxy) is 1. The minimum absolute atomic E-state index is 0.244. The van der Waals surface area contributed by atoms with E-state index in [0.717, 1.165) is 0 Å². The zero-order valence-corrected chi connectivity index (χ0v) is 12.2. The highest BCUT2D eigenvalue weighted by atomic mass is 35.5. The Bertz CT molecular complexity index is 547. The summed E-state index contributed by atoms with van der Waals surface area (Å²) in [6.45, 7) is 1.90. The van der Waals surface area contributed by atoms with Crippen molar-refractivity contribution in [3.05, 3.63) is 33.8 Å². The Labute approximate surface area is 126 Å². The molecule has 1 saturated heterocycles. The second-order valence-electron chi connectivity index (χ2n) is 4.36. The SMILES string of the molecule is CCN1C(=O)COC(C(=O)O)C1c1ccc(Cl)cc1Cl. The molecule has 20 heavy (non-hydrogen) atoms. The van der Waals surface area contributed by atoms with Crippen LogP contribution in [0.2, 0.25) is 10.0 Å². The number of halogens is 2. The summed E-state index contributed by atoms with van der Waals surface area (Å²) in [7, 11) is 0. The van der Waals surface area contributed by atoms with E-state index in [0.29, 0.717) is 22.2 Å². The summed E-state index contributed by atoms with van der Waals surface area (Å²) in [6.07, 6.45) is -1.15. The Morgan fingerprint density at radius 1 is 1.50 bits per heavy atom. The summed E-state index contributed by atoms with van der Waals surface area (Å²) in [5, 5.41) is 10.0. The van der Waals surface area contributed by atoms with E-state index in [9.17, 15) is 14.7 Å². The first kappa shape index (κ1) is 15.1. The highest BCUT2D eigenvalue weighted by Crippen LogP contribution is 2.35. The van der Waals surface area contributed by atoms with Gasteiger partial charge in [0.25, 0.3) is 0 Å². The molecule has 1 amide bonds. The normalized spacial score (nSPS) is 22.9. The molecular formula is C13H13Cl2NO4. The minimum atomic E-state index is -1.15. The largest absolute Gasteiger partial charge is 0.479 e. The number of nitrogens with zero attached hydrogens (tertiary/aromatic N) is 1. The van der Waals surface area contributed by atoms with Gasteiger partial charge in [0, 0.05) is 16.6 Å². The average molecular weight is 318 g/mol. The summed E-state index contributed by atoms with van der Waals surface area (Å²) in [4.78, 5) is 24.7. The summed E-state index contributed by atoms with van der Waals surface area (Å²) in [5.41, 5.74) is 0.512. The molecule has 2 atom stereocenters. The quantitative estimate of drug-likeness (QED) is 0.929. The smallest absolute Gasteiger partial charge is 0.335 e. The highest BCUT2D eigenvalue weighted by molar-refractivity contribution is 6.35. The first-order chi connectivity index (χ1) is 9.45. The average Bonchev–Trinajstić information content (AvgIpc) is 2.38. The van der Waals surface area contributed by atoms with Crippen molar-refractivity contribution in [2.75, 3.05) is 13.2 Å². The van der Waals surface area contributed by atoms with E-state index in [1.54, 1.807) is 19.1 Å². The van der Waals surface area contributed by atoms with Crippen molar-refractivity contribution < 1.29 is 19.4 Å². The van der Waals surface area contributed by atoms with Gasteiger partial charge >= 0.3 is 5.97 Å². The maximum atomic E-state index is 11.9. The lowest BCUT2D eigenvalue weighted by Crippen LogP contribution is -2.51. The fourth-order valence-corrected chi connectivity index (χ4v) is 2.83. The molecule has 7 heteroatoms. The highest BCUT2D eigenvalue weighted by Gasteiger charge is 2.42. The number of benzene rings is 1. The maximum absolute atomic E-state index is 11.9. The fraction of sp³-hybridized carbons (Fsp3) is 0.385. The molecule has 0 aromatic heterocycles. The molecule has 2 unspecified atom stereocenters. The number of hydrogen-bond acceptors (Lipinski definition) is 3. The van der Waals surface area contributed by atoms with Crippen LogP contribution in [0.25, 0.3) is 0 Å². The monoisotopic (exact) mass is 317 g/mol. The zero-order chi connectivity index (χ0) is 14.9. The van der Waals surface area contributed by atoms with Crippen molar-refractivity contribution in [1.82, 2.24) is 4.90 Å². The van der Waals surface area contributed by atoms with Gasteiger partial charge in [0.2, 0.25) is 5.91 Å². The summed E-state index contributed by atoms with van der Waals surface area (Å²) >= 11 is 12.0. The van der Waals surface area contributed by atoms with Crippen LogP contribution in [0, 0.1) is 0 Å². The van der Waals surface area contributed by atoms with Crippen LogP contribution >= 0.6 is 23.2 Å². The molecule has 2 rings (SSSR count). The number of carbonyl (C=O) groups is 2. The first-order valence-corrected chi connectivity index (χ1v) is 6.80. The molecule has 1 heterocycles. The summed E-state index contributed by atoms with van der Waals surface area (Å²) in [5.74, 6) is -1.40. The maximum Gasteiger partial charge on any atom is 0.335 e. The lowest BCUT2D eigenvalue weighted by atomic mass is 9.97. The van der Waals surface area contributed by atoms with Crippen LogP contribution in [-0.2, 0) is 14.3 Å². The predicted molar refractivity (Wildman–Crippen MR) is 74.0 cm³/mol. The van der Waals surface area contributed by atoms with Gasteiger partial charge in [-0.2, -0.15) is 0 Å². The van der Waals surface area contributed by atoms with E-state index in [1.807, 2.05) is 0 Å². The van der Waals surface area contributed by atoms with Crippen LogP contribution in [0.3, 0.4) is 0 Å². The summed E-state index contributed by atoms with van der Waals surface area (Å²) < 4.78 is 5.15. The van der Waals surface area contributed by atoms with E-state index in [2.05, 4.69) is 0 Å². The van der Waals surface area contributed by atoms with Crippen LogP contribution < -0.4 is 0 Å².